The molecule has 112 valence electrons. The molecule has 1 aromatic heterocycles. The Labute approximate surface area is 123 Å². The molecule has 0 bridgehead atoms. The average molecular weight is 275 g/mol. The molecular formula is C17H29N3. The number of hydrogen-bond acceptors (Lipinski definition) is 2. The van der Waals surface area contributed by atoms with Gasteiger partial charge in [-0.3, -0.25) is 4.68 Å². The summed E-state index contributed by atoms with van der Waals surface area (Å²) < 4.78 is 2.08. The monoisotopic (exact) mass is 275 g/mol. The third-order valence-corrected chi connectivity index (χ3v) is 5.22. The van der Waals surface area contributed by atoms with Crippen LogP contribution in [0.2, 0.25) is 0 Å². The first-order valence-electron chi connectivity index (χ1n) is 8.34. The van der Waals surface area contributed by atoms with Crippen LogP contribution in [0.4, 0.5) is 0 Å². The topological polar surface area (TPSA) is 29.9 Å². The summed E-state index contributed by atoms with van der Waals surface area (Å²) in [5.74, 6) is 2.59. The number of aromatic nitrogens is 2. The van der Waals surface area contributed by atoms with Crippen LogP contribution in [0.15, 0.2) is 6.07 Å². The van der Waals surface area contributed by atoms with Crippen molar-refractivity contribution in [2.45, 2.75) is 58.4 Å². The SMILES string of the molecule is Cc1cc(CC2CC(C)CCC2CNC2CC2)n(C)n1. The fraction of sp³-hybridized carbons (Fsp3) is 0.824. The lowest BCUT2D eigenvalue weighted by Crippen LogP contribution is -2.34. The molecule has 2 fully saturated rings. The van der Waals surface area contributed by atoms with Gasteiger partial charge in [-0.05, 0) is 69.4 Å². The second-order valence-corrected chi connectivity index (χ2v) is 7.23. The Morgan fingerprint density at radius 1 is 1.25 bits per heavy atom. The van der Waals surface area contributed by atoms with E-state index in [1.54, 1.807) is 0 Å². The van der Waals surface area contributed by atoms with Crippen LogP contribution in [-0.4, -0.2) is 22.4 Å². The highest BCUT2D eigenvalue weighted by atomic mass is 15.3. The van der Waals surface area contributed by atoms with E-state index in [0.717, 1.165) is 29.5 Å². The van der Waals surface area contributed by atoms with Crippen molar-refractivity contribution in [3.05, 3.63) is 17.5 Å². The van der Waals surface area contributed by atoms with E-state index in [-0.39, 0.29) is 0 Å². The molecule has 0 aliphatic heterocycles. The van der Waals surface area contributed by atoms with Crippen LogP contribution in [0.1, 0.15) is 50.4 Å². The standard InChI is InChI=1S/C17H29N3/c1-12-4-5-14(11-18-16-6-7-16)15(8-12)10-17-9-13(2)19-20(17)3/h9,12,14-16,18H,4-8,10-11H2,1-3H3. The molecule has 0 spiro atoms. The summed E-state index contributed by atoms with van der Waals surface area (Å²) >= 11 is 0. The molecule has 1 N–H and O–H groups in total. The molecule has 2 aliphatic rings. The molecule has 0 amide bonds. The minimum absolute atomic E-state index is 0.833. The summed E-state index contributed by atoms with van der Waals surface area (Å²) in [4.78, 5) is 0. The van der Waals surface area contributed by atoms with Crippen molar-refractivity contribution in [2.24, 2.45) is 24.8 Å². The predicted molar refractivity (Wildman–Crippen MR) is 82.7 cm³/mol. The molecule has 3 atom stereocenters. The largest absolute Gasteiger partial charge is 0.314 e. The van der Waals surface area contributed by atoms with Gasteiger partial charge in [0.25, 0.3) is 0 Å². The van der Waals surface area contributed by atoms with Crippen molar-refractivity contribution in [1.82, 2.24) is 15.1 Å². The molecule has 2 saturated carbocycles. The van der Waals surface area contributed by atoms with Crippen LogP contribution in [0, 0.1) is 24.7 Å². The van der Waals surface area contributed by atoms with E-state index in [9.17, 15) is 0 Å². The van der Waals surface area contributed by atoms with E-state index >= 15 is 0 Å². The molecule has 0 aromatic carbocycles. The molecule has 20 heavy (non-hydrogen) atoms. The van der Waals surface area contributed by atoms with Crippen LogP contribution in [0.25, 0.3) is 0 Å². The van der Waals surface area contributed by atoms with Crippen molar-refractivity contribution in [2.75, 3.05) is 6.54 Å². The first kappa shape index (κ1) is 14.1. The quantitative estimate of drug-likeness (QED) is 0.895. The highest BCUT2D eigenvalue weighted by molar-refractivity contribution is 5.10. The number of aryl methyl sites for hydroxylation is 2. The second kappa shape index (κ2) is 5.88. The lowest BCUT2D eigenvalue weighted by molar-refractivity contribution is 0.181. The van der Waals surface area contributed by atoms with Gasteiger partial charge in [0.05, 0.1) is 5.69 Å². The first-order valence-corrected chi connectivity index (χ1v) is 8.34. The van der Waals surface area contributed by atoms with Gasteiger partial charge in [0.15, 0.2) is 0 Å². The van der Waals surface area contributed by atoms with Gasteiger partial charge in [0.2, 0.25) is 0 Å². The van der Waals surface area contributed by atoms with E-state index in [2.05, 4.69) is 42.1 Å². The number of nitrogens with one attached hydrogen (secondary N) is 1. The zero-order valence-corrected chi connectivity index (χ0v) is 13.2. The predicted octanol–water partition coefficient (Wildman–Crippen LogP) is 3.08. The molecule has 3 unspecified atom stereocenters. The van der Waals surface area contributed by atoms with Gasteiger partial charge < -0.3 is 5.32 Å². The Kier molecular flexibility index (Phi) is 4.16. The molecule has 3 rings (SSSR count). The fourth-order valence-corrected chi connectivity index (χ4v) is 3.81. The highest BCUT2D eigenvalue weighted by Crippen LogP contribution is 2.36. The molecule has 0 radical (unpaired) electrons. The van der Waals surface area contributed by atoms with E-state index in [1.807, 2.05) is 0 Å². The van der Waals surface area contributed by atoms with Crippen LogP contribution in [-0.2, 0) is 13.5 Å². The van der Waals surface area contributed by atoms with Crippen molar-refractivity contribution >= 4 is 0 Å². The van der Waals surface area contributed by atoms with Crippen LogP contribution in [0.5, 0.6) is 0 Å². The molecule has 3 nitrogen and oxygen atoms in total. The summed E-state index contributed by atoms with van der Waals surface area (Å²) in [5, 5.41) is 8.26. The number of hydrogen-bond donors (Lipinski definition) is 1. The first-order chi connectivity index (χ1) is 9.61. The van der Waals surface area contributed by atoms with Gasteiger partial charge in [0, 0.05) is 18.8 Å². The highest BCUT2D eigenvalue weighted by Gasteiger charge is 2.31. The van der Waals surface area contributed by atoms with Gasteiger partial charge in [0.1, 0.15) is 0 Å². The maximum atomic E-state index is 4.51. The number of rotatable bonds is 5. The molecule has 3 heteroatoms. The molecular weight excluding hydrogens is 246 g/mol. The van der Waals surface area contributed by atoms with Gasteiger partial charge in [-0.1, -0.05) is 13.3 Å². The Morgan fingerprint density at radius 2 is 2.05 bits per heavy atom. The van der Waals surface area contributed by atoms with Gasteiger partial charge in [-0.15, -0.1) is 0 Å². The van der Waals surface area contributed by atoms with Crippen LogP contribution < -0.4 is 5.32 Å². The van der Waals surface area contributed by atoms with Gasteiger partial charge in [-0.2, -0.15) is 5.10 Å². The maximum absolute atomic E-state index is 4.51. The Morgan fingerprint density at radius 3 is 2.70 bits per heavy atom. The van der Waals surface area contributed by atoms with Gasteiger partial charge >= 0.3 is 0 Å². The summed E-state index contributed by atoms with van der Waals surface area (Å²) in [6, 6.07) is 3.11. The minimum atomic E-state index is 0.833. The zero-order valence-electron chi connectivity index (χ0n) is 13.2. The van der Waals surface area contributed by atoms with Crippen molar-refractivity contribution < 1.29 is 0 Å². The summed E-state index contributed by atoms with van der Waals surface area (Å²) in [7, 11) is 2.09. The Hall–Kier alpha value is -0.830. The Balaban J connectivity index is 1.63. The second-order valence-electron chi connectivity index (χ2n) is 7.23. The van der Waals surface area contributed by atoms with Gasteiger partial charge in [-0.25, -0.2) is 0 Å². The van der Waals surface area contributed by atoms with E-state index in [4.69, 9.17) is 0 Å². The minimum Gasteiger partial charge on any atom is -0.314 e. The van der Waals surface area contributed by atoms with Crippen molar-refractivity contribution in [3.63, 3.8) is 0 Å². The van der Waals surface area contributed by atoms with Crippen LogP contribution >= 0.6 is 0 Å². The summed E-state index contributed by atoms with van der Waals surface area (Å²) in [6.07, 6.45) is 8.21. The average Bonchev–Trinajstić information content (AvgIpc) is 3.15. The third-order valence-electron chi connectivity index (χ3n) is 5.22. The lowest BCUT2D eigenvalue weighted by Gasteiger charge is -2.35. The molecule has 1 heterocycles. The van der Waals surface area contributed by atoms with E-state index in [1.165, 1.54) is 50.8 Å². The normalized spacial score (nSPS) is 30.6. The maximum Gasteiger partial charge on any atom is 0.0596 e. The van der Waals surface area contributed by atoms with Crippen molar-refractivity contribution in [1.29, 1.82) is 0 Å². The summed E-state index contributed by atoms with van der Waals surface area (Å²) in [6.45, 7) is 5.75. The summed E-state index contributed by atoms with van der Waals surface area (Å²) in [5.41, 5.74) is 2.57. The molecule has 2 aliphatic carbocycles. The number of nitrogens with zero attached hydrogens (tertiary/aromatic N) is 2. The van der Waals surface area contributed by atoms with Crippen molar-refractivity contribution in [3.8, 4) is 0 Å². The smallest absolute Gasteiger partial charge is 0.0596 e. The van der Waals surface area contributed by atoms with Crippen LogP contribution in [0.3, 0.4) is 0 Å². The van der Waals surface area contributed by atoms with E-state index < -0.39 is 0 Å². The molecule has 1 aromatic rings. The lowest BCUT2D eigenvalue weighted by atomic mass is 9.72. The fourth-order valence-electron chi connectivity index (χ4n) is 3.81. The Bertz CT molecular complexity index is 447. The zero-order chi connectivity index (χ0) is 14.1. The van der Waals surface area contributed by atoms with E-state index in [0.29, 0.717) is 0 Å². The molecule has 0 saturated heterocycles. The third kappa shape index (κ3) is 3.43.